The second-order valence-electron chi connectivity index (χ2n) is 5.27. The maximum Gasteiger partial charge on any atom is 0.222 e. The van der Waals surface area contributed by atoms with E-state index in [1.165, 1.54) is 12.8 Å². The van der Waals surface area contributed by atoms with E-state index in [4.69, 9.17) is 0 Å². The minimum atomic E-state index is 0.114. The van der Waals surface area contributed by atoms with Crippen molar-refractivity contribution in [3.05, 3.63) is 18.5 Å². The van der Waals surface area contributed by atoms with Gasteiger partial charge in [-0.1, -0.05) is 6.92 Å². The lowest BCUT2D eigenvalue weighted by molar-refractivity contribution is -0.121. The molecule has 0 aromatic carbocycles. The summed E-state index contributed by atoms with van der Waals surface area (Å²) in [6.45, 7) is 2.85. The van der Waals surface area contributed by atoms with E-state index in [1.807, 2.05) is 0 Å². The lowest BCUT2D eigenvalue weighted by atomic mass is 9.87. The molecule has 0 unspecified atom stereocenters. The zero-order chi connectivity index (χ0) is 13.5. The number of carbonyl (C=O) groups is 1. The van der Waals surface area contributed by atoms with Gasteiger partial charge in [-0.15, -0.1) is 0 Å². The van der Waals surface area contributed by atoms with Crippen molar-refractivity contribution >= 4 is 11.9 Å². The van der Waals surface area contributed by atoms with Gasteiger partial charge in [0.25, 0.3) is 0 Å². The first-order valence-corrected chi connectivity index (χ1v) is 7.04. The molecule has 5 heteroatoms. The Morgan fingerprint density at radius 1 is 1.26 bits per heavy atom. The summed E-state index contributed by atoms with van der Waals surface area (Å²) in [6.07, 6.45) is 8.49. The highest BCUT2D eigenvalue weighted by atomic mass is 16.1. The normalized spacial score (nSPS) is 22.8. The summed E-state index contributed by atoms with van der Waals surface area (Å²) in [5.74, 6) is 1.50. The molecule has 0 saturated heterocycles. The monoisotopic (exact) mass is 262 g/mol. The van der Waals surface area contributed by atoms with Crippen LogP contribution in [0.2, 0.25) is 0 Å². The molecule has 0 atom stereocenters. The van der Waals surface area contributed by atoms with Crippen LogP contribution in [0.3, 0.4) is 0 Å². The number of anilines is 1. The van der Waals surface area contributed by atoms with Crippen molar-refractivity contribution < 1.29 is 4.79 Å². The van der Waals surface area contributed by atoms with Gasteiger partial charge < -0.3 is 10.6 Å². The lowest BCUT2D eigenvalue weighted by Crippen LogP contribution is -2.38. The third-order valence-electron chi connectivity index (χ3n) is 3.58. The summed E-state index contributed by atoms with van der Waals surface area (Å²) >= 11 is 0. The van der Waals surface area contributed by atoms with Gasteiger partial charge in [-0.2, -0.15) is 0 Å². The van der Waals surface area contributed by atoms with Gasteiger partial charge >= 0.3 is 0 Å². The molecule has 0 bridgehead atoms. The van der Waals surface area contributed by atoms with Crippen LogP contribution >= 0.6 is 0 Å². The van der Waals surface area contributed by atoms with E-state index < -0.39 is 0 Å². The van der Waals surface area contributed by atoms with E-state index in [1.54, 1.807) is 18.5 Å². The van der Waals surface area contributed by atoms with Crippen molar-refractivity contribution in [1.82, 2.24) is 15.3 Å². The standard InChI is InChI=1S/C14H22N4O/c1-11-3-5-12(6-4-11)18-13(19)7-10-17-14-15-8-2-9-16-14/h2,8-9,11-12H,3-7,10H2,1H3,(H,18,19)(H,15,16,17). The summed E-state index contributed by atoms with van der Waals surface area (Å²) in [5, 5.41) is 6.14. The number of carbonyl (C=O) groups excluding carboxylic acids is 1. The fourth-order valence-electron chi connectivity index (χ4n) is 2.38. The van der Waals surface area contributed by atoms with Crippen molar-refractivity contribution in [2.75, 3.05) is 11.9 Å². The maximum absolute atomic E-state index is 11.8. The van der Waals surface area contributed by atoms with Crippen LogP contribution in [0.5, 0.6) is 0 Å². The van der Waals surface area contributed by atoms with E-state index >= 15 is 0 Å². The van der Waals surface area contributed by atoms with Gasteiger partial charge in [0.1, 0.15) is 0 Å². The summed E-state index contributed by atoms with van der Waals surface area (Å²) in [4.78, 5) is 19.9. The van der Waals surface area contributed by atoms with E-state index in [9.17, 15) is 4.79 Å². The van der Waals surface area contributed by atoms with Gasteiger partial charge in [0, 0.05) is 31.4 Å². The minimum Gasteiger partial charge on any atom is -0.354 e. The Morgan fingerprint density at radius 2 is 1.95 bits per heavy atom. The molecule has 2 N–H and O–H groups in total. The van der Waals surface area contributed by atoms with E-state index in [2.05, 4.69) is 27.5 Å². The first-order valence-electron chi connectivity index (χ1n) is 7.04. The summed E-state index contributed by atoms with van der Waals surface area (Å²) in [6, 6.07) is 2.14. The first kappa shape index (κ1) is 13.8. The molecule has 19 heavy (non-hydrogen) atoms. The minimum absolute atomic E-state index is 0.114. The summed E-state index contributed by atoms with van der Waals surface area (Å²) in [5.41, 5.74) is 0. The molecule has 0 spiro atoms. The molecule has 1 heterocycles. The average molecular weight is 262 g/mol. The van der Waals surface area contributed by atoms with Gasteiger partial charge in [0.15, 0.2) is 0 Å². The van der Waals surface area contributed by atoms with E-state index in [-0.39, 0.29) is 5.91 Å². The van der Waals surface area contributed by atoms with Gasteiger partial charge in [-0.3, -0.25) is 4.79 Å². The molecule has 1 aliphatic carbocycles. The quantitative estimate of drug-likeness (QED) is 0.851. The SMILES string of the molecule is CC1CCC(NC(=O)CCNc2ncccn2)CC1. The van der Waals surface area contributed by atoms with Crippen LogP contribution in [0.15, 0.2) is 18.5 Å². The second kappa shape index (κ2) is 7.07. The number of hydrogen-bond acceptors (Lipinski definition) is 4. The van der Waals surface area contributed by atoms with Gasteiger partial charge in [-0.05, 0) is 37.7 Å². The van der Waals surface area contributed by atoms with Gasteiger partial charge in [-0.25, -0.2) is 9.97 Å². The molecular weight excluding hydrogens is 240 g/mol. The Bertz CT molecular complexity index is 388. The van der Waals surface area contributed by atoms with Crippen molar-refractivity contribution in [1.29, 1.82) is 0 Å². The number of hydrogen-bond donors (Lipinski definition) is 2. The van der Waals surface area contributed by atoms with E-state index in [0.717, 1.165) is 18.8 Å². The molecule has 0 aliphatic heterocycles. The highest BCUT2D eigenvalue weighted by Crippen LogP contribution is 2.23. The number of nitrogens with zero attached hydrogens (tertiary/aromatic N) is 2. The zero-order valence-electron chi connectivity index (χ0n) is 11.4. The molecule has 1 aromatic rings. The van der Waals surface area contributed by atoms with Crippen molar-refractivity contribution in [3.63, 3.8) is 0 Å². The van der Waals surface area contributed by atoms with Gasteiger partial charge in [0.2, 0.25) is 11.9 Å². The number of amides is 1. The van der Waals surface area contributed by atoms with Crippen LogP contribution in [0.25, 0.3) is 0 Å². The fraction of sp³-hybridized carbons (Fsp3) is 0.643. The Morgan fingerprint density at radius 3 is 2.63 bits per heavy atom. The number of rotatable bonds is 5. The van der Waals surface area contributed by atoms with Crippen LogP contribution in [0, 0.1) is 5.92 Å². The predicted molar refractivity (Wildman–Crippen MR) is 74.7 cm³/mol. The molecule has 1 fully saturated rings. The topological polar surface area (TPSA) is 66.9 Å². The fourth-order valence-corrected chi connectivity index (χ4v) is 2.38. The highest BCUT2D eigenvalue weighted by Gasteiger charge is 2.19. The molecule has 1 saturated carbocycles. The van der Waals surface area contributed by atoms with Crippen LogP contribution in [0.4, 0.5) is 5.95 Å². The first-order chi connectivity index (χ1) is 9.24. The predicted octanol–water partition coefficient (Wildman–Crippen LogP) is 1.97. The maximum atomic E-state index is 11.8. The average Bonchev–Trinajstić information content (AvgIpc) is 2.43. The van der Waals surface area contributed by atoms with Crippen molar-refractivity contribution in [2.45, 2.75) is 45.1 Å². The molecule has 0 radical (unpaired) electrons. The van der Waals surface area contributed by atoms with Crippen LogP contribution in [0.1, 0.15) is 39.0 Å². The Balaban J connectivity index is 1.62. The Kier molecular flexibility index (Phi) is 5.12. The molecule has 1 aliphatic rings. The van der Waals surface area contributed by atoms with Gasteiger partial charge in [0.05, 0.1) is 0 Å². The Labute approximate surface area is 114 Å². The van der Waals surface area contributed by atoms with Crippen LogP contribution in [-0.2, 0) is 4.79 Å². The molecule has 1 aromatic heterocycles. The number of nitrogens with one attached hydrogen (secondary N) is 2. The smallest absolute Gasteiger partial charge is 0.222 e. The molecular formula is C14H22N4O. The van der Waals surface area contributed by atoms with Crippen molar-refractivity contribution in [2.24, 2.45) is 5.92 Å². The van der Waals surface area contributed by atoms with Crippen LogP contribution < -0.4 is 10.6 Å². The second-order valence-corrected chi connectivity index (χ2v) is 5.27. The van der Waals surface area contributed by atoms with Crippen molar-refractivity contribution in [3.8, 4) is 0 Å². The zero-order valence-corrected chi connectivity index (χ0v) is 11.4. The Hall–Kier alpha value is -1.65. The highest BCUT2D eigenvalue weighted by molar-refractivity contribution is 5.76. The molecule has 104 valence electrons. The number of aromatic nitrogens is 2. The summed E-state index contributed by atoms with van der Waals surface area (Å²) in [7, 11) is 0. The molecule has 2 rings (SSSR count). The lowest BCUT2D eigenvalue weighted by Gasteiger charge is -2.26. The summed E-state index contributed by atoms with van der Waals surface area (Å²) < 4.78 is 0. The van der Waals surface area contributed by atoms with E-state index in [0.29, 0.717) is 25.0 Å². The third-order valence-corrected chi connectivity index (χ3v) is 3.58. The van der Waals surface area contributed by atoms with Crippen LogP contribution in [-0.4, -0.2) is 28.5 Å². The largest absolute Gasteiger partial charge is 0.354 e. The molecule has 5 nitrogen and oxygen atoms in total. The molecule has 1 amide bonds. The third kappa shape index (κ3) is 4.85.